The van der Waals surface area contributed by atoms with Gasteiger partial charge >= 0.3 is 5.97 Å². The number of aliphatic hydroxyl groups is 1. The number of thiazole rings is 1. The molecule has 1 amide bonds. The number of carbonyl (C=O) groups excluding carboxylic acids is 2. The van der Waals surface area contributed by atoms with Gasteiger partial charge in [0, 0.05) is 41.7 Å². The molecule has 0 radical (unpaired) electrons. The molecule has 15 heteroatoms. The van der Waals surface area contributed by atoms with Crippen LogP contribution >= 0.6 is 37.1 Å². The van der Waals surface area contributed by atoms with Gasteiger partial charge < -0.3 is 25.8 Å². The first-order valence-corrected chi connectivity index (χ1v) is 14.4. The number of aromatic nitrogens is 1. The Labute approximate surface area is 249 Å². The number of nitrogens with zero attached hydrogens (tertiary/aromatic N) is 1. The fraction of sp³-hybridized carbons (Fsp3) is 0.280. The number of esters is 1. The number of amides is 1. The van der Waals surface area contributed by atoms with Crippen molar-refractivity contribution >= 4 is 75.4 Å². The molecule has 0 aliphatic heterocycles. The lowest BCUT2D eigenvalue weighted by Gasteiger charge is -2.17. The molecule has 1 heterocycles. The normalized spacial score (nSPS) is 11.8. The summed E-state index contributed by atoms with van der Waals surface area (Å²) < 4.78 is 33.4. The third-order valence-corrected chi connectivity index (χ3v) is 7.95. The average Bonchev–Trinajstić information content (AvgIpc) is 3.36. The molecule has 0 unspecified atom stereocenters. The first-order valence-electron chi connectivity index (χ1n) is 11.7. The van der Waals surface area contributed by atoms with E-state index in [0.29, 0.717) is 20.6 Å². The van der Waals surface area contributed by atoms with Crippen LogP contribution in [0.5, 0.6) is 0 Å². The smallest absolute Gasteiger partial charge is 0.326 e. The summed E-state index contributed by atoms with van der Waals surface area (Å²) in [4.78, 5) is 28.3. The van der Waals surface area contributed by atoms with E-state index in [1.165, 1.54) is 24.3 Å². The fourth-order valence-electron chi connectivity index (χ4n) is 3.44. The Morgan fingerprint density at radius 2 is 1.75 bits per heavy atom. The number of ether oxygens (including phenoxy) is 1. The van der Waals surface area contributed by atoms with Crippen molar-refractivity contribution < 1.29 is 27.9 Å². The van der Waals surface area contributed by atoms with Crippen LogP contribution in [0.25, 0.3) is 21.0 Å². The summed E-state index contributed by atoms with van der Waals surface area (Å²) in [5, 5.41) is 19.4. The number of hydrogen-bond donors (Lipinski definition) is 5. The van der Waals surface area contributed by atoms with E-state index in [1.54, 1.807) is 18.3 Å². The zero-order valence-corrected chi connectivity index (χ0v) is 25.6. The van der Waals surface area contributed by atoms with E-state index in [4.69, 9.17) is 12.2 Å². The summed E-state index contributed by atoms with van der Waals surface area (Å²) in [5.41, 5.74) is 2.14. The summed E-state index contributed by atoms with van der Waals surface area (Å²) >= 11 is 6.54. The highest BCUT2D eigenvalue weighted by Crippen LogP contribution is 2.37. The molecule has 0 fully saturated rings. The first-order chi connectivity index (χ1) is 18.4. The van der Waals surface area contributed by atoms with Gasteiger partial charge in [0.15, 0.2) is 5.11 Å². The summed E-state index contributed by atoms with van der Waals surface area (Å²) in [6.45, 7) is 4.47. The minimum atomic E-state index is -4.35. The largest absolute Gasteiger partial charge is 0.468 e. The number of thiocarbonyl (C=S) groups is 1. The number of hydrogen-bond acceptors (Lipinski definition) is 9. The zero-order valence-electron chi connectivity index (χ0n) is 22.1. The molecule has 1 aromatic heterocycles. The predicted molar refractivity (Wildman–Crippen MR) is 165 cm³/mol. The van der Waals surface area contributed by atoms with Gasteiger partial charge in [0.1, 0.15) is 11.0 Å². The molecule has 1 atom stereocenters. The van der Waals surface area contributed by atoms with Crippen molar-refractivity contribution in [3.8, 4) is 21.0 Å². The Morgan fingerprint density at radius 1 is 1.10 bits per heavy atom. The van der Waals surface area contributed by atoms with Crippen LogP contribution in [0.3, 0.4) is 0 Å². The molecular formula is C25H31N5O6S4. The Morgan fingerprint density at radius 3 is 2.33 bits per heavy atom. The van der Waals surface area contributed by atoms with Gasteiger partial charge in [-0.2, -0.15) is 18.2 Å². The van der Waals surface area contributed by atoms with Crippen molar-refractivity contribution in [2.45, 2.75) is 37.8 Å². The molecule has 0 aliphatic rings. The van der Waals surface area contributed by atoms with Crippen LogP contribution in [0.15, 0.2) is 53.6 Å². The highest BCUT2D eigenvalue weighted by atomic mass is 32.2. The number of carbonyl (C=O) groups is 2. The van der Waals surface area contributed by atoms with Crippen molar-refractivity contribution in [1.82, 2.24) is 15.0 Å². The van der Waals surface area contributed by atoms with E-state index in [1.807, 2.05) is 38.1 Å². The number of aliphatic hydroxyl groups excluding tert-OH is 1. The Balaban J connectivity index is 0.00000560. The van der Waals surface area contributed by atoms with E-state index in [-0.39, 0.29) is 36.0 Å². The predicted octanol–water partition coefficient (Wildman–Crippen LogP) is 3.06. The number of benzene rings is 2. The number of nitrogens with one attached hydrogen (secondary N) is 4. The third-order valence-electron chi connectivity index (χ3n) is 5.14. The molecule has 2 aromatic carbocycles. The van der Waals surface area contributed by atoms with Crippen LogP contribution in [-0.4, -0.2) is 61.3 Å². The van der Waals surface area contributed by atoms with Crippen LogP contribution in [0.2, 0.25) is 0 Å². The summed E-state index contributed by atoms with van der Waals surface area (Å²) in [5.74, 6) is -1.33. The molecule has 3 aromatic rings. The van der Waals surface area contributed by atoms with Gasteiger partial charge in [-0.3, -0.25) is 9.59 Å². The number of methoxy groups -OCH3 is 1. The maximum absolute atomic E-state index is 13.3. The fourth-order valence-corrected chi connectivity index (χ4v) is 6.24. The molecule has 40 heavy (non-hydrogen) atoms. The summed E-state index contributed by atoms with van der Waals surface area (Å²) in [6, 6.07) is 10.5. The van der Waals surface area contributed by atoms with Crippen molar-refractivity contribution in [2.75, 3.05) is 24.4 Å². The van der Waals surface area contributed by atoms with E-state index in [9.17, 15) is 23.1 Å². The van der Waals surface area contributed by atoms with Crippen molar-refractivity contribution in [2.24, 2.45) is 0 Å². The monoisotopic (exact) mass is 625 g/mol. The molecule has 0 bridgehead atoms. The van der Waals surface area contributed by atoms with Gasteiger partial charge in [0.2, 0.25) is 15.9 Å². The maximum atomic E-state index is 13.3. The average molecular weight is 626 g/mol. The second-order valence-electron chi connectivity index (χ2n) is 8.63. The Bertz CT molecular complexity index is 1460. The SMILES string of the molecule is COC(=O)[C@H](CO)NS(=O)(=O)c1cc(NC(C)=O)ccc1-c1cnc(-c2ccc(NC(=S)NC(C)C)cc2)s1.S. The number of rotatable bonds is 10. The van der Waals surface area contributed by atoms with Crippen LogP contribution in [0.4, 0.5) is 11.4 Å². The molecule has 11 nitrogen and oxygen atoms in total. The van der Waals surface area contributed by atoms with Crippen LogP contribution < -0.4 is 20.7 Å². The van der Waals surface area contributed by atoms with Gasteiger partial charge in [-0.05, 0) is 62.5 Å². The van der Waals surface area contributed by atoms with Crippen molar-refractivity contribution in [3.63, 3.8) is 0 Å². The summed E-state index contributed by atoms with van der Waals surface area (Å²) in [7, 11) is -3.27. The molecule has 0 saturated heterocycles. The molecule has 0 aliphatic carbocycles. The van der Waals surface area contributed by atoms with Crippen LogP contribution in [0, 0.1) is 0 Å². The van der Waals surface area contributed by atoms with Crippen molar-refractivity contribution in [3.05, 3.63) is 48.7 Å². The molecular weight excluding hydrogens is 595 g/mol. The standard InChI is InChI=1S/C25H29N5O6S3.H2S/c1-14(2)27-25(37)29-17-7-5-16(6-8-17)23-26-12-21(38-23)19-10-9-18(28-15(3)32)11-22(19)39(34,35)30-20(13-31)24(33)36-4;/h5-12,14,20,30-31H,13H2,1-4H3,(H,28,32)(H2,27,29,37);1H2/t20-;/m0./s1. The quantitative estimate of drug-likeness (QED) is 0.167. The lowest BCUT2D eigenvalue weighted by molar-refractivity contribution is -0.143. The molecule has 0 saturated carbocycles. The van der Waals surface area contributed by atoms with Crippen LogP contribution in [0.1, 0.15) is 20.8 Å². The molecule has 0 spiro atoms. The van der Waals surface area contributed by atoms with E-state index in [0.717, 1.165) is 18.4 Å². The molecule has 5 N–H and O–H groups in total. The third kappa shape index (κ3) is 8.71. The summed E-state index contributed by atoms with van der Waals surface area (Å²) in [6.07, 6.45) is 1.55. The van der Waals surface area contributed by atoms with E-state index >= 15 is 0 Å². The highest BCUT2D eigenvalue weighted by molar-refractivity contribution is 7.89. The van der Waals surface area contributed by atoms with Gasteiger partial charge in [0.05, 0.1) is 23.5 Å². The van der Waals surface area contributed by atoms with E-state index in [2.05, 4.69) is 30.4 Å². The zero-order chi connectivity index (χ0) is 28.7. The minimum absolute atomic E-state index is 0. The van der Waals surface area contributed by atoms with Gasteiger partial charge in [-0.15, -0.1) is 11.3 Å². The number of sulfonamides is 1. The molecule has 3 rings (SSSR count). The second kappa shape index (κ2) is 14.5. The lowest BCUT2D eigenvalue weighted by Crippen LogP contribution is -2.44. The highest BCUT2D eigenvalue weighted by Gasteiger charge is 2.29. The minimum Gasteiger partial charge on any atom is -0.468 e. The Kier molecular flexibility index (Phi) is 12.0. The van der Waals surface area contributed by atoms with Gasteiger partial charge in [0.25, 0.3) is 0 Å². The molecule has 216 valence electrons. The van der Waals surface area contributed by atoms with Crippen LogP contribution in [-0.2, 0) is 24.3 Å². The second-order valence-corrected chi connectivity index (χ2v) is 11.8. The topological polar surface area (TPSA) is 159 Å². The lowest BCUT2D eigenvalue weighted by atomic mass is 10.2. The maximum Gasteiger partial charge on any atom is 0.326 e. The van der Waals surface area contributed by atoms with Crippen molar-refractivity contribution in [1.29, 1.82) is 0 Å². The van der Waals surface area contributed by atoms with Gasteiger partial charge in [-0.25, -0.2) is 13.4 Å². The van der Waals surface area contributed by atoms with E-state index < -0.39 is 28.6 Å². The Hall–Kier alpha value is -3.08. The first kappa shape index (κ1) is 33.1. The van der Waals surface area contributed by atoms with Gasteiger partial charge in [-0.1, -0.05) is 6.07 Å². The number of anilines is 2.